The molecule has 0 rings (SSSR count). The van der Waals surface area contributed by atoms with Crippen molar-refractivity contribution in [2.75, 3.05) is 0 Å². The van der Waals surface area contributed by atoms with E-state index >= 15 is 0 Å². The summed E-state index contributed by atoms with van der Waals surface area (Å²) in [4.78, 5) is 0. The fourth-order valence-electron chi connectivity index (χ4n) is 0. The van der Waals surface area contributed by atoms with Gasteiger partial charge in [-0.1, -0.05) is 0 Å². The quantitative estimate of drug-likeness (QED) is 0.431. The first-order valence-electron chi connectivity index (χ1n) is 1.21. The van der Waals surface area contributed by atoms with Crippen molar-refractivity contribution >= 4 is 8.85 Å². The summed E-state index contributed by atoms with van der Waals surface area (Å²) in [5.41, 5.74) is 0. The third-order valence-corrected chi connectivity index (χ3v) is 0. The monoisotopic (exact) mass is 139 g/mol. The van der Waals surface area contributed by atoms with E-state index in [4.69, 9.17) is 0 Å². The topological polar surface area (TPSA) is 0 Å². The molecule has 0 aromatic carbocycles. The molecule has 0 spiro atoms. The zero-order valence-corrected chi connectivity index (χ0v) is 7.24. The summed E-state index contributed by atoms with van der Waals surface area (Å²) in [7, 11) is 1.39. The predicted octanol–water partition coefficient (Wildman–Crippen LogP) is 0.565. The first-order chi connectivity index (χ1) is 2.00. The van der Waals surface area contributed by atoms with E-state index in [1.54, 1.807) is 0 Å². The van der Waals surface area contributed by atoms with Crippen LogP contribution in [0.25, 0.3) is 0 Å². The van der Waals surface area contributed by atoms with Gasteiger partial charge in [-0.3, -0.25) is 0 Å². The Bertz CT molecular complexity index is 22.4. The van der Waals surface area contributed by atoms with Gasteiger partial charge in [0, 0.05) is 0 Å². The van der Waals surface area contributed by atoms with Crippen LogP contribution in [0.4, 0.5) is 0 Å². The van der Waals surface area contributed by atoms with Gasteiger partial charge < -0.3 is 0 Å². The van der Waals surface area contributed by atoms with Crippen LogP contribution in [0, 0.1) is 0 Å². The minimum absolute atomic E-state index is 0.0139. The number of hydrogen-bond acceptors (Lipinski definition) is 0. The molecule has 0 amide bonds. The molecule has 0 saturated heterocycles. The van der Waals surface area contributed by atoms with Crippen molar-refractivity contribution in [2.24, 2.45) is 0 Å². The average molecular weight is 140 g/mol. The van der Waals surface area contributed by atoms with Crippen LogP contribution in [0.3, 0.4) is 0 Å². The van der Waals surface area contributed by atoms with Gasteiger partial charge in [0.2, 0.25) is 0 Å². The van der Waals surface area contributed by atoms with Crippen molar-refractivity contribution in [1.82, 2.24) is 0 Å². The second-order valence-electron chi connectivity index (χ2n) is 1.81. The van der Waals surface area contributed by atoms with Crippen LogP contribution in [0.5, 0.6) is 0 Å². The van der Waals surface area contributed by atoms with Crippen LogP contribution in [-0.4, -0.2) is 8.85 Å². The molecule has 0 unspecified atom stereocenters. The summed E-state index contributed by atoms with van der Waals surface area (Å²) in [6.45, 7) is 0. The van der Waals surface area contributed by atoms with Gasteiger partial charge in [0.15, 0.2) is 0 Å². The molecule has 0 saturated carbocycles. The molecule has 5 heavy (non-hydrogen) atoms. The summed E-state index contributed by atoms with van der Waals surface area (Å²) in [5, 5.41) is 0. The predicted molar refractivity (Wildman–Crippen MR) is 27.5 cm³/mol. The van der Waals surface area contributed by atoms with Gasteiger partial charge >= 0.3 is 38.5 Å². The van der Waals surface area contributed by atoms with E-state index < -0.39 is 0 Å². The van der Waals surface area contributed by atoms with Gasteiger partial charge in [0.05, 0.1) is 0 Å². The molecule has 0 nitrogen and oxygen atoms in total. The Morgan fingerprint density at radius 2 is 1.20 bits per heavy atom. The molecule has 0 radical (unpaired) electrons. The summed E-state index contributed by atoms with van der Waals surface area (Å²) in [6, 6.07) is 0. The third-order valence-electron chi connectivity index (χ3n) is 0. The second kappa shape index (κ2) is 1.46. The van der Waals surface area contributed by atoms with Crippen LogP contribution in [0.2, 0.25) is 17.5 Å². The Balaban J connectivity index is 3.02. The van der Waals surface area contributed by atoms with E-state index in [0.29, 0.717) is 0 Å². The summed E-state index contributed by atoms with van der Waals surface area (Å²) in [5.74, 6) is 6.98. The van der Waals surface area contributed by atoms with E-state index in [2.05, 4.69) is 17.5 Å². The summed E-state index contributed by atoms with van der Waals surface area (Å²) < 4.78 is 0. The molecule has 0 N–H and O–H groups in total. The summed E-state index contributed by atoms with van der Waals surface area (Å²) in [6.07, 6.45) is 0. The first kappa shape index (κ1) is 5.74. The van der Waals surface area contributed by atoms with E-state index in [1.165, 1.54) is 8.85 Å². The molecule has 0 aliphatic rings. The van der Waals surface area contributed by atoms with Crippen LogP contribution >= 0.6 is 0 Å². The zero-order chi connectivity index (χ0) is 4.50. The SMILES string of the molecule is [CH3][Cu]([CH3])([CH3])[SiH3]. The number of hydrogen-bond donors (Lipinski definition) is 0. The first-order valence-corrected chi connectivity index (χ1v) is 7.46. The average Bonchev–Trinajstić information content (AvgIpc) is 0.722. The minimum atomic E-state index is 0.0139. The molecular weight excluding hydrogens is 128 g/mol. The van der Waals surface area contributed by atoms with Crippen molar-refractivity contribution < 1.29 is 12.2 Å². The fraction of sp³-hybridized carbons (Fsp3) is 1.00. The van der Waals surface area contributed by atoms with Crippen LogP contribution < -0.4 is 0 Å². The van der Waals surface area contributed by atoms with Crippen molar-refractivity contribution in [3.8, 4) is 0 Å². The maximum atomic E-state index is 2.33. The molecule has 0 fully saturated rings. The Hall–Kier alpha value is 0.736. The normalized spacial score (nSPS) is 15.8. The van der Waals surface area contributed by atoms with E-state index in [0.717, 1.165) is 0 Å². The Kier molecular flexibility index (Phi) is 1.67. The summed E-state index contributed by atoms with van der Waals surface area (Å²) >= 11 is 0.0139. The van der Waals surface area contributed by atoms with Crippen molar-refractivity contribution in [3.05, 3.63) is 0 Å². The fourth-order valence-corrected chi connectivity index (χ4v) is 0. The van der Waals surface area contributed by atoms with Gasteiger partial charge in [-0.2, -0.15) is 0 Å². The molecule has 0 aliphatic heterocycles. The Morgan fingerprint density at radius 1 is 1.20 bits per heavy atom. The molecule has 0 aromatic rings. The maximum absolute atomic E-state index is 2.33. The van der Waals surface area contributed by atoms with Gasteiger partial charge in [-0.05, 0) is 0 Å². The molecule has 0 heterocycles. The number of rotatable bonds is 0. The van der Waals surface area contributed by atoms with Crippen LogP contribution in [0.1, 0.15) is 0 Å². The standard InChI is InChI=1S/3CH3.Cu.H3Si/h3*1H3;;1H3. The molecule has 2 heteroatoms. The van der Waals surface area contributed by atoms with Crippen molar-refractivity contribution in [3.63, 3.8) is 0 Å². The molecule has 0 aromatic heterocycles. The van der Waals surface area contributed by atoms with Gasteiger partial charge in [0.1, 0.15) is 0 Å². The molecule has 0 atom stereocenters. The zero-order valence-electron chi connectivity index (χ0n) is 4.30. The van der Waals surface area contributed by atoms with Gasteiger partial charge in [-0.15, -0.1) is 0 Å². The molecular formula is C3H12CuSi. The van der Waals surface area contributed by atoms with Crippen LogP contribution in [-0.2, 0) is 12.2 Å². The van der Waals surface area contributed by atoms with Crippen molar-refractivity contribution in [2.45, 2.75) is 17.5 Å². The van der Waals surface area contributed by atoms with E-state index in [1.807, 2.05) is 0 Å². The van der Waals surface area contributed by atoms with Gasteiger partial charge in [0.25, 0.3) is 0 Å². The van der Waals surface area contributed by atoms with Crippen molar-refractivity contribution in [1.29, 1.82) is 0 Å². The molecule has 0 bridgehead atoms. The third kappa shape index (κ3) is 65.4. The van der Waals surface area contributed by atoms with E-state index in [-0.39, 0.29) is 12.2 Å². The second-order valence-corrected chi connectivity index (χ2v) is 14.9. The molecule has 39 valence electrons. The van der Waals surface area contributed by atoms with Gasteiger partial charge in [-0.25, -0.2) is 0 Å². The Morgan fingerprint density at radius 3 is 1.20 bits per heavy atom. The van der Waals surface area contributed by atoms with Crippen LogP contribution in [0.15, 0.2) is 0 Å². The Labute approximate surface area is 39.1 Å². The molecule has 0 aliphatic carbocycles. The van der Waals surface area contributed by atoms with E-state index in [9.17, 15) is 0 Å².